The molecule has 2 amide bonds. The van der Waals surface area contributed by atoms with E-state index in [1.165, 1.54) is 23.1 Å². The summed E-state index contributed by atoms with van der Waals surface area (Å²) in [6, 6.07) is 11.2. The van der Waals surface area contributed by atoms with E-state index in [1.54, 1.807) is 0 Å². The number of hydrogen-bond donors (Lipinski definition) is 1. The van der Waals surface area contributed by atoms with Gasteiger partial charge in [0.05, 0.1) is 17.0 Å². The molecule has 0 heterocycles. The lowest BCUT2D eigenvalue weighted by Crippen LogP contribution is -2.52. The van der Waals surface area contributed by atoms with Gasteiger partial charge in [-0.3, -0.25) is 13.9 Å². The number of hydrogen-bond acceptors (Lipinski definition) is 4. The Balaban J connectivity index is 2.47. The van der Waals surface area contributed by atoms with Gasteiger partial charge in [-0.1, -0.05) is 66.9 Å². The molecule has 2 rings (SSSR count). The Morgan fingerprint density at radius 1 is 1.09 bits per heavy atom. The van der Waals surface area contributed by atoms with Gasteiger partial charge in [-0.15, -0.1) is 0 Å². The molecule has 0 spiro atoms. The molecule has 1 N–H and O–H groups in total. The summed E-state index contributed by atoms with van der Waals surface area (Å²) in [4.78, 5) is 27.9. The van der Waals surface area contributed by atoms with Crippen LogP contribution < -0.4 is 9.62 Å². The number of anilines is 1. The molecule has 0 aliphatic heterocycles. The van der Waals surface area contributed by atoms with Crippen molar-refractivity contribution >= 4 is 50.7 Å². The fourth-order valence-electron chi connectivity index (χ4n) is 3.56. The van der Waals surface area contributed by atoms with Crippen molar-refractivity contribution in [2.75, 3.05) is 23.7 Å². The van der Waals surface area contributed by atoms with Crippen molar-refractivity contribution in [2.24, 2.45) is 0 Å². The normalized spacial score (nSPS) is 12.2. The predicted octanol–water partition coefficient (Wildman–Crippen LogP) is 4.40. The molecule has 2 aromatic rings. The van der Waals surface area contributed by atoms with Crippen molar-refractivity contribution in [3.63, 3.8) is 0 Å². The van der Waals surface area contributed by atoms with Gasteiger partial charge in [-0.25, -0.2) is 8.42 Å². The van der Waals surface area contributed by atoms with E-state index in [9.17, 15) is 18.0 Å². The molecule has 0 saturated heterocycles. The molecule has 1 atom stereocenters. The van der Waals surface area contributed by atoms with Crippen molar-refractivity contribution in [2.45, 2.75) is 46.2 Å². The molecule has 0 bridgehead atoms. The zero-order valence-electron chi connectivity index (χ0n) is 19.8. The zero-order valence-corrected chi connectivity index (χ0v) is 22.2. The molecule has 0 aliphatic carbocycles. The number of carbonyl (C=O) groups is 2. The van der Waals surface area contributed by atoms with Crippen molar-refractivity contribution in [1.29, 1.82) is 0 Å². The minimum Gasteiger partial charge on any atom is -0.354 e. The Kier molecular flexibility index (Phi) is 10.2. The third kappa shape index (κ3) is 7.61. The van der Waals surface area contributed by atoms with Crippen LogP contribution >= 0.6 is 23.2 Å². The van der Waals surface area contributed by atoms with Gasteiger partial charge in [-0.05, 0) is 43.5 Å². The number of halogens is 2. The van der Waals surface area contributed by atoms with Gasteiger partial charge in [0.15, 0.2) is 0 Å². The largest absolute Gasteiger partial charge is 0.354 e. The first-order chi connectivity index (χ1) is 16.0. The van der Waals surface area contributed by atoms with Gasteiger partial charge in [0.2, 0.25) is 21.8 Å². The maximum atomic E-state index is 13.6. The third-order valence-electron chi connectivity index (χ3n) is 5.23. The summed E-state index contributed by atoms with van der Waals surface area (Å²) in [6.07, 6.45) is 2.11. The highest BCUT2D eigenvalue weighted by molar-refractivity contribution is 7.92. The molecular weight excluding hydrogens is 497 g/mol. The summed E-state index contributed by atoms with van der Waals surface area (Å²) in [6.45, 7) is 5.80. The summed E-state index contributed by atoms with van der Waals surface area (Å²) in [5, 5.41) is 3.26. The highest BCUT2D eigenvalue weighted by atomic mass is 35.5. The third-order valence-corrected chi connectivity index (χ3v) is 6.91. The first-order valence-corrected chi connectivity index (χ1v) is 13.6. The molecule has 0 saturated carbocycles. The van der Waals surface area contributed by atoms with Gasteiger partial charge in [-0.2, -0.15) is 0 Å². The van der Waals surface area contributed by atoms with Gasteiger partial charge in [0.25, 0.3) is 0 Å². The quantitative estimate of drug-likeness (QED) is 0.469. The minimum absolute atomic E-state index is 0.101. The van der Waals surface area contributed by atoms with E-state index in [-0.39, 0.29) is 28.2 Å². The summed E-state index contributed by atoms with van der Waals surface area (Å²) < 4.78 is 26.2. The summed E-state index contributed by atoms with van der Waals surface area (Å²) in [5.74, 6) is -0.807. The van der Waals surface area contributed by atoms with Gasteiger partial charge < -0.3 is 10.2 Å². The van der Waals surface area contributed by atoms with E-state index in [0.29, 0.717) is 13.0 Å². The number of nitrogens with zero attached hydrogens (tertiary/aromatic N) is 2. The van der Waals surface area contributed by atoms with E-state index in [2.05, 4.69) is 5.32 Å². The number of amides is 2. The smallest absolute Gasteiger partial charge is 0.244 e. The van der Waals surface area contributed by atoms with Crippen LogP contribution in [0.4, 0.5) is 5.69 Å². The molecule has 2 aromatic carbocycles. The molecule has 0 aliphatic rings. The van der Waals surface area contributed by atoms with Crippen LogP contribution in [0, 0.1) is 6.92 Å². The Morgan fingerprint density at radius 2 is 1.79 bits per heavy atom. The Labute approximate surface area is 212 Å². The van der Waals surface area contributed by atoms with Crippen LogP contribution in [0.2, 0.25) is 10.0 Å². The number of benzene rings is 2. The van der Waals surface area contributed by atoms with Crippen molar-refractivity contribution in [3.05, 3.63) is 63.6 Å². The van der Waals surface area contributed by atoms with Gasteiger partial charge >= 0.3 is 0 Å². The fourth-order valence-corrected chi connectivity index (χ4v) is 4.85. The highest BCUT2D eigenvalue weighted by Crippen LogP contribution is 2.31. The van der Waals surface area contributed by atoms with Crippen LogP contribution in [0.5, 0.6) is 0 Å². The van der Waals surface area contributed by atoms with E-state index in [4.69, 9.17) is 23.2 Å². The Bertz CT molecular complexity index is 1120. The zero-order chi connectivity index (χ0) is 25.5. The van der Waals surface area contributed by atoms with Crippen LogP contribution in [-0.4, -0.2) is 50.5 Å². The summed E-state index contributed by atoms with van der Waals surface area (Å²) >= 11 is 12.3. The minimum atomic E-state index is -3.89. The lowest BCUT2D eigenvalue weighted by molar-refractivity contribution is -0.140. The molecule has 0 aromatic heterocycles. The maximum absolute atomic E-state index is 13.6. The first-order valence-electron chi connectivity index (χ1n) is 11.0. The lowest BCUT2D eigenvalue weighted by atomic mass is 10.1. The SMILES string of the molecule is CCCNC(=O)C(CC)N(Cc1cccc(C)c1)C(=O)CN(c1cc(Cl)ccc1Cl)S(C)(=O)=O. The molecule has 0 fully saturated rings. The molecule has 1 unspecified atom stereocenters. The predicted molar refractivity (Wildman–Crippen MR) is 138 cm³/mol. The number of carbonyl (C=O) groups excluding carboxylic acids is 2. The Hall–Kier alpha value is -2.29. The van der Waals surface area contributed by atoms with E-state index < -0.39 is 28.5 Å². The van der Waals surface area contributed by atoms with Crippen LogP contribution in [-0.2, 0) is 26.2 Å². The van der Waals surface area contributed by atoms with Crippen LogP contribution in [0.15, 0.2) is 42.5 Å². The van der Waals surface area contributed by atoms with Crippen LogP contribution in [0.3, 0.4) is 0 Å². The standard InChI is InChI=1S/C24H31Cl2N3O4S/c1-5-12-27-24(31)21(6-2)28(15-18-9-7-8-17(3)13-18)23(30)16-29(34(4,32)33)22-14-19(25)10-11-20(22)26/h7-11,13-14,21H,5-6,12,15-16H2,1-4H3,(H,27,31). The topological polar surface area (TPSA) is 86.8 Å². The van der Waals surface area contributed by atoms with Gasteiger partial charge in [0.1, 0.15) is 12.6 Å². The van der Waals surface area contributed by atoms with Crippen molar-refractivity contribution in [3.8, 4) is 0 Å². The summed E-state index contributed by atoms with van der Waals surface area (Å²) in [7, 11) is -3.89. The monoisotopic (exact) mass is 527 g/mol. The highest BCUT2D eigenvalue weighted by Gasteiger charge is 2.32. The summed E-state index contributed by atoms with van der Waals surface area (Å²) in [5.41, 5.74) is 1.95. The second kappa shape index (κ2) is 12.4. The number of nitrogens with one attached hydrogen (secondary N) is 1. The van der Waals surface area contributed by atoms with E-state index in [0.717, 1.165) is 28.1 Å². The van der Waals surface area contributed by atoms with Crippen LogP contribution in [0.25, 0.3) is 0 Å². The molecule has 10 heteroatoms. The Morgan fingerprint density at radius 3 is 2.38 bits per heavy atom. The second-order valence-corrected chi connectivity index (χ2v) is 10.8. The number of rotatable bonds is 11. The average Bonchev–Trinajstić information content (AvgIpc) is 2.76. The van der Waals surface area contributed by atoms with Crippen molar-refractivity contribution in [1.82, 2.24) is 10.2 Å². The van der Waals surface area contributed by atoms with Crippen LogP contribution in [0.1, 0.15) is 37.8 Å². The van der Waals surface area contributed by atoms with Crippen molar-refractivity contribution < 1.29 is 18.0 Å². The maximum Gasteiger partial charge on any atom is 0.244 e. The molecule has 34 heavy (non-hydrogen) atoms. The second-order valence-electron chi connectivity index (χ2n) is 8.09. The molecule has 0 radical (unpaired) electrons. The molecule has 7 nitrogen and oxygen atoms in total. The van der Waals surface area contributed by atoms with E-state index >= 15 is 0 Å². The number of aryl methyl sites for hydroxylation is 1. The van der Waals surface area contributed by atoms with E-state index in [1.807, 2.05) is 45.0 Å². The average molecular weight is 529 g/mol. The molecule has 186 valence electrons. The fraction of sp³-hybridized carbons (Fsp3) is 0.417. The first kappa shape index (κ1) is 28.0. The molecular formula is C24H31Cl2N3O4S. The number of sulfonamides is 1. The van der Waals surface area contributed by atoms with Gasteiger partial charge in [0, 0.05) is 18.1 Å². The lowest BCUT2D eigenvalue weighted by Gasteiger charge is -2.33.